The average molecular weight is 322 g/mol. The highest BCUT2D eigenvalue weighted by Gasteiger charge is 2.42. The molecule has 0 saturated carbocycles. The van der Waals surface area contributed by atoms with E-state index in [-0.39, 0.29) is 18.1 Å². The Labute approximate surface area is 136 Å². The van der Waals surface area contributed by atoms with Crippen LogP contribution < -0.4 is 15.5 Å². The maximum Gasteiger partial charge on any atom is 0.231 e. The van der Waals surface area contributed by atoms with E-state index in [0.717, 1.165) is 39.1 Å². The Bertz CT molecular complexity index is 533. The van der Waals surface area contributed by atoms with Crippen LogP contribution in [0.15, 0.2) is 0 Å². The summed E-state index contributed by atoms with van der Waals surface area (Å²) in [6, 6.07) is 0.240. The van der Waals surface area contributed by atoms with Crippen LogP contribution in [-0.2, 0) is 4.74 Å². The summed E-state index contributed by atoms with van der Waals surface area (Å²) >= 11 is 0. The highest BCUT2D eigenvalue weighted by molar-refractivity contribution is 5.45. The van der Waals surface area contributed by atoms with E-state index in [1.165, 1.54) is 0 Å². The van der Waals surface area contributed by atoms with Gasteiger partial charge >= 0.3 is 0 Å². The van der Waals surface area contributed by atoms with E-state index >= 15 is 0 Å². The number of aromatic nitrogens is 3. The van der Waals surface area contributed by atoms with Gasteiger partial charge in [0.2, 0.25) is 17.8 Å². The molecular weight excluding hydrogens is 296 g/mol. The van der Waals surface area contributed by atoms with Crippen LogP contribution in [0.1, 0.15) is 26.7 Å². The van der Waals surface area contributed by atoms with Crippen LogP contribution in [0.3, 0.4) is 0 Å². The van der Waals surface area contributed by atoms with E-state index in [1.54, 1.807) is 0 Å². The number of nitrogens with one attached hydrogen (secondary N) is 2. The highest BCUT2D eigenvalue weighted by atomic mass is 16.5. The summed E-state index contributed by atoms with van der Waals surface area (Å²) in [6.07, 6.45) is 2.23. The monoisotopic (exact) mass is 322 g/mol. The third-order valence-electron chi connectivity index (χ3n) is 4.34. The van der Waals surface area contributed by atoms with Gasteiger partial charge < -0.3 is 25.4 Å². The first-order chi connectivity index (χ1) is 11.1. The second-order valence-corrected chi connectivity index (χ2v) is 6.71. The summed E-state index contributed by atoms with van der Waals surface area (Å²) in [6.45, 7) is 8.11. The van der Waals surface area contributed by atoms with Crippen molar-refractivity contribution in [2.24, 2.45) is 5.41 Å². The number of hydrogen-bond acceptors (Lipinski definition) is 8. The van der Waals surface area contributed by atoms with Gasteiger partial charge in [0.15, 0.2) is 0 Å². The molecule has 1 spiro atoms. The number of anilines is 3. The Morgan fingerprint density at radius 2 is 2.09 bits per heavy atom. The third kappa shape index (κ3) is 3.81. The van der Waals surface area contributed by atoms with Gasteiger partial charge in [-0.15, -0.1) is 0 Å². The van der Waals surface area contributed by atoms with Gasteiger partial charge in [0.25, 0.3) is 0 Å². The van der Waals surface area contributed by atoms with Gasteiger partial charge in [-0.25, -0.2) is 0 Å². The zero-order valence-corrected chi connectivity index (χ0v) is 13.9. The number of rotatable bonds is 6. The molecule has 0 amide bonds. The van der Waals surface area contributed by atoms with Gasteiger partial charge in [0.1, 0.15) is 0 Å². The highest BCUT2D eigenvalue weighted by Crippen LogP contribution is 2.39. The van der Waals surface area contributed by atoms with Crippen molar-refractivity contribution in [3.05, 3.63) is 0 Å². The van der Waals surface area contributed by atoms with Crippen molar-refractivity contribution in [2.75, 3.05) is 55.0 Å². The molecule has 3 rings (SSSR count). The molecule has 0 radical (unpaired) electrons. The Hall–Kier alpha value is -1.67. The number of nitrogens with zero attached hydrogens (tertiary/aromatic N) is 4. The first-order valence-electron chi connectivity index (χ1n) is 8.30. The molecule has 8 nitrogen and oxygen atoms in total. The molecule has 2 fully saturated rings. The van der Waals surface area contributed by atoms with Crippen LogP contribution in [0.5, 0.6) is 0 Å². The Morgan fingerprint density at radius 3 is 2.78 bits per heavy atom. The molecule has 2 saturated heterocycles. The van der Waals surface area contributed by atoms with E-state index in [2.05, 4.69) is 30.5 Å². The molecule has 2 aliphatic heterocycles. The van der Waals surface area contributed by atoms with Crippen molar-refractivity contribution in [3.8, 4) is 0 Å². The molecular formula is C15H26N6O2. The van der Waals surface area contributed by atoms with Crippen molar-refractivity contribution in [1.29, 1.82) is 0 Å². The van der Waals surface area contributed by atoms with Crippen molar-refractivity contribution < 1.29 is 9.84 Å². The van der Waals surface area contributed by atoms with E-state index < -0.39 is 0 Å². The van der Waals surface area contributed by atoms with Gasteiger partial charge in [-0.1, -0.05) is 0 Å². The van der Waals surface area contributed by atoms with Crippen LogP contribution in [0, 0.1) is 5.41 Å². The second kappa shape index (κ2) is 6.84. The van der Waals surface area contributed by atoms with Crippen molar-refractivity contribution in [3.63, 3.8) is 0 Å². The van der Waals surface area contributed by atoms with Crippen LogP contribution in [0.25, 0.3) is 0 Å². The van der Waals surface area contributed by atoms with Gasteiger partial charge in [-0.05, 0) is 26.7 Å². The van der Waals surface area contributed by atoms with Crippen LogP contribution in [0.4, 0.5) is 17.8 Å². The quantitative estimate of drug-likeness (QED) is 0.705. The topological polar surface area (TPSA) is 95.4 Å². The van der Waals surface area contributed by atoms with Crippen LogP contribution in [0.2, 0.25) is 0 Å². The largest absolute Gasteiger partial charge is 0.395 e. The van der Waals surface area contributed by atoms with Gasteiger partial charge in [0, 0.05) is 37.7 Å². The molecule has 2 aliphatic rings. The Morgan fingerprint density at radius 1 is 1.26 bits per heavy atom. The van der Waals surface area contributed by atoms with Crippen molar-refractivity contribution >= 4 is 17.8 Å². The predicted molar refractivity (Wildman–Crippen MR) is 88.9 cm³/mol. The molecule has 1 aromatic rings. The molecule has 0 aromatic carbocycles. The van der Waals surface area contributed by atoms with Crippen molar-refractivity contribution in [2.45, 2.75) is 32.7 Å². The maximum atomic E-state index is 8.99. The van der Waals surface area contributed by atoms with Gasteiger partial charge in [-0.3, -0.25) is 0 Å². The maximum absolute atomic E-state index is 8.99. The zero-order chi connectivity index (χ0) is 16.3. The smallest absolute Gasteiger partial charge is 0.231 e. The molecule has 128 valence electrons. The molecule has 0 bridgehead atoms. The summed E-state index contributed by atoms with van der Waals surface area (Å²) < 4.78 is 5.59. The lowest BCUT2D eigenvalue weighted by Crippen LogP contribution is -2.29. The summed E-state index contributed by atoms with van der Waals surface area (Å²) in [5.41, 5.74) is 0.261. The molecule has 3 heterocycles. The molecule has 23 heavy (non-hydrogen) atoms. The minimum atomic E-state index is 0.0398. The van der Waals surface area contributed by atoms with Crippen molar-refractivity contribution in [1.82, 2.24) is 15.0 Å². The first kappa shape index (κ1) is 16.2. The van der Waals surface area contributed by atoms with E-state index in [9.17, 15) is 0 Å². The number of aliphatic hydroxyl groups is 1. The molecule has 1 atom stereocenters. The summed E-state index contributed by atoms with van der Waals surface area (Å²) in [7, 11) is 0. The molecule has 1 aromatic heterocycles. The summed E-state index contributed by atoms with van der Waals surface area (Å²) in [5, 5.41) is 15.2. The number of hydrogen-bond donors (Lipinski definition) is 3. The van der Waals surface area contributed by atoms with E-state index in [0.29, 0.717) is 24.4 Å². The van der Waals surface area contributed by atoms with Crippen LogP contribution in [-0.4, -0.2) is 65.6 Å². The molecule has 0 unspecified atom stereocenters. The fourth-order valence-corrected chi connectivity index (χ4v) is 3.15. The fourth-order valence-electron chi connectivity index (χ4n) is 3.15. The lowest BCUT2D eigenvalue weighted by molar-refractivity contribution is 0.160. The number of ether oxygens (including phenoxy) is 1. The minimum absolute atomic E-state index is 0.0398. The molecule has 8 heteroatoms. The van der Waals surface area contributed by atoms with E-state index in [4.69, 9.17) is 9.84 Å². The normalized spacial score (nSPS) is 23.9. The van der Waals surface area contributed by atoms with Gasteiger partial charge in [0.05, 0.1) is 13.2 Å². The predicted octanol–water partition coefficient (Wildman–Crippen LogP) is 0.713. The average Bonchev–Trinajstić information content (AvgIpc) is 3.15. The molecule has 0 aliphatic carbocycles. The fraction of sp³-hybridized carbons (Fsp3) is 0.800. The summed E-state index contributed by atoms with van der Waals surface area (Å²) in [5.74, 6) is 1.75. The van der Waals surface area contributed by atoms with Gasteiger partial charge in [-0.2, -0.15) is 15.0 Å². The Balaban J connectivity index is 1.79. The van der Waals surface area contributed by atoms with E-state index in [1.807, 2.05) is 13.8 Å². The lowest BCUT2D eigenvalue weighted by Gasteiger charge is -2.22. The molecule has 3 N–H and O–H groups in total. The summed E-state index contributed by atoms with van der Waals surface area (Å²) in [4.78, 5) is 15.7. The second-order valence-electron chi connectivity index (χ2n) is 6.71. The Kier molecular flexibility index (Phi) is 4.82. The number of aliphatic hydroxyl groups excluding tert-OH is 1. The third-order valence-corrected chi connectivity index (χ3v) is 4.34. The SMILES string of the molecule is CC(C)Nc1nc(NCCO)nc(N2CC[C@]3(CCOC3)C2)n1. The van der Waals surface area contributed by atoms with Crippen LogP contribution >= 0.6 is 0 Å². The first-order valence-corrected chi connectivity index (χ1v) is 8.30. The standard InChI is InChI=1S/C15H26N6O2/c1-11(2)17-13-18-12(16-5-7-22)19-14(20-13)21-6-3-15(9-21)4-8-23-10-15/h11,22H,3-10H2,1-2H3,(H2,16,17,18,19,20)/t15-/m0/s1. The zero-order valence-electron chi connectivity index (χ0n) is 13.9. The minimum Gasteiger partial charge on any atom is -0.395 e. The lowest BCUT2D eigenvalue weighted by atomic mass is 9.87.